The van der Waals surface area contributed by atoms with Gasteiger partial charge in [0.05, 0.1) is 0 Å². The third-order valence-corrected chi connectivity index (χ3v) is 3.86. The van der Waals surface area contributed by atoms with Crippen LogP contribution in [-0.2, 0) is 4.57 Å². The van der Waals surface area contributed by atoms with Gasteiger partial charge in [0.2, 0.25) is 0 Å². The van der Waals surface area contributed by atoms with Crippen LogP contribution in [0.25, 0.3) is 18.2 Å². The highest BCUT2D eigenvalue weighted by Gasteiger charge is 2.00. The predicted octanol–water partition coefficient (Wildman–Crippen LogP) is 7.45. The van der Waals surface area contributed by atoms with Gasteiger partial charge in [-0.15, -0.1) is 0 Å². The predicted molar refractivity (Wildman–Crippen MR) is 152 cm³/mol. The molecule has 0 heterocycles. The van der Waals surface area contributed by atoms with Gasteiger partial charge in [-0.05, 0) is 28.8 Å². The molecule has 0 amide bonds. The van der Waals surface area contributed by atoms with Gasteiger partial charge in [0, 0.05) is 0 Å². The molecule has 188 valence electrons. The monoisotopic (exact) mass is 504 g/mol. The van der Waals surface area contributed by atoms with Crippen LogP contribution in [0.4, 0.5) is 0 Å². The Kier molecular flexibility index (Phi) is 18.1. The van der Waals surface area contributed by atoms with Crippen molar-refractivity contribution >= 4 is 26.1 Å². The van der Waals surface area contributed by atoms with Crippen LogP contribution >= 0.6 is 7.82 Å². The molecule has 0 aliphatic rings. The molecule has 5 nitrogen and oxygen atoms in total. The molecule has 0 aliphatic carbocycles. The van der Waals surface area contributed by atoms with E-state index in [1.807, 2.05) is 115 Å². The Labute approximate surface area is 213 Å². The number of rotatable bonds is 3. The minimum absolute atomic E-state index is 0.322. The molecular weight excluding hydrogens is 471 g/mol. The number of phenolic OH excluding ortho intramolecular Hbond substituents is 1. The minimum atomic E-state index is -4.64. The number of phenols is 1. The fraction of sp³-hybridized carbons (Fsp3) is 0. The maximum atomic E-state index is 8.88. The smallest absolute Gasteiger partial charge is 0.466 e. The molecule has 4 rings (SSSR count). The number of hydrogen-bond acceptors (Lipinski definition) is 2. The molecule has 0 spiro atoms. The Morgan fingerprint density at radius 3 is 0.778 bits per heavy atom. The van der Waals surface area contributed by atoms with E-state index in [1.165, 1.54) is 16.7 Å². The van der Waals surface area contributed by atoms with Crippen LogP contribution in [0.2, 0.25) is 0 Å². The maximum Gasteiger partial charge on any atom is 0.466 e. The molecule has 0 aliphatic heterocycles. The van der Waals surface area contributed by atoms with Crippen LogP contribution in [0.15, 0.2) is 141 Å². The molecule has 0 radical (unpaired) electrons. The Morgan fingerprint density at radius 2 is 0.667 bits per heavy atom. The number of phosphoric acid groups is 1. The first-order valence-corrected chi connectivity index (χ1v) is 12.3. The number of aromatic hydroxyl groups is 1. The number of benzene rings is 4. The minimum Gasteiger partial charge on any atom is -0.508 e. The topological polar surface area (TPSA) is 98.0 Å². The molecule has 4 aromatic carbocycles. The van der Waals surface area contributed by atoms with Gasteiger partial charge in [-0.3, -0.25) is 0 Å². The van der Waals surface area contributed by atoms with Crippen molar-refractivity contribution in [3.05, 3.63) is 158 Å². The maximum absolute atomic E-state index is 8.88. The van der Waals surface area contributed by atoms with E-state index in [1.54, 1.807) is 24.3 Å². The Balaban J connectivity index is 0.000000430. The Hall–Kier alpha value is -3.99. The summed E-state index contributed by atoms with van der Waals surface area (Å²) in [6, 6.07) is 38.8. The van der Waals surface area contributed by atoms with E-state index in [2.05, 4.69) is 19.7 Å². The zero-order valence-electron chi connectivity index (χ0n) is 20.0. The lowest BCUT2D eigenvalue weighted by Gasteiger charge is -1.85. The third kappa shape index (κ3) is 21.8. The van der Waals surface area contributed by atoms with Gasteiger partial charge in [-0.2, -0.15) is 0 Å². The lowest BCUT2D eigenvalue weighted by atomic mass is 10.2. The van der Waals surface area contributed by atoms with Crippen LogP contribution in [-0.4, -0.2) is 19.8 Å². The molecule has 6 heteroatoms. The summed E-state index contributed by atoms with van der Waals surface area (Å²) in [4.78, 5) is 21.6. The number of para-hydroxylation sites is 1. The summed E-state index contributed by atoms with van der Waals surface area (Å²) in [5.41, 5.74) is 3.52. The van der Waals surface area contributed by atoms with Crippen molar-refractivity contribution in [2.75, 3.05) is 0 Å². The van der Waals surface area contributed by atoms with E-state index >= 15 is 0 Å². The summed E-state index contributed by atoms with van der Waals surface area (Å²) in [5.74, 6) is 0.322. The van der Waals surface area contributed by atoms with Crippen LogP contribution < -0.4 is 0 Å². The second-order valence-electron chi connectivity index (χ2n) is 6.69. The van der Waals surface area contributed by atoms with E-state index in [9.17, 15) is 0 Å². The van der Waals surface area contributed by atoms with Crippen molar-refractivity contribution in [3.8, 4) is 5.75 Å². The summed E-state index contributed by atoms with van der Waals surface area (Å²) in [6.07, 6.45) is 5.50. The molecule has 4 N–H and O–H groups in total. The highest BCUT2D eigenvalue weighted by molar-refractivity contribution is 7.45. The molecule has 0 aromatic heterocycles. The fourth-order valence-corrected chi connectivity index (χ4v) is 2.20. The molecule has 0 bridgehead atoms. The standard InChI is InChI=1S/3C8H8.C6H6O.H3O4P/c3*1-2-8-6-4-3-5-7-8;7-6-4-2-1-3-5-6;1-5(2,3)4/h3*2-7H,1H2;1-5,7H;(H3,1,2,3,4). The molecule has 0 saturated heterocycles. The largest absolute Gasteiger partial charge is 0.508 e. The molecule has 0 saturated carbocycles. The van der Waals surface area contributed by atoms with E-state index in [0.717, 1.165) is 0 Å². The molecule has 36 heavy (non-hydrogen) atoms. The quantitative estimate of drug-likeness (QED) is 0.217. The first-order chi connectivity index (χ1) is 17.2. The third-order valence-electron chi connectivity index (χ3n) is 3.86. The summed E-state index contributed by atoms with van der Waals surface area (Å²) >= 11 is 0. The van der Waals surface area contributed by atoms with Crippen molar-refractivity contribution in [1.29, 1.82) is 0 Å². The summed E-state index contributed by atoms with van der Waals surface area (Å²) < 4.78 is 8.88. The van der Waals surface area contributed by atoms with Crippen molar-refractivity contribution in [1.82, 2.24) is 0 Å². The van der Waals surface area contributed by atoms with Gasteiger partial charge in [-0.25, -0.2) is 4.57 Å². The summed E-state index contributed by atoms with van der Waals surface area (Å²) in [7, 11) is -4.64. The molecule has 4 aromatic rings. The second kappa shape index (κ2) is 20.4. The fourth-order valence-electron chi connectivity index (χ4n) is 2.20. The summed E-state index contributed by atoms with van der Waals surface area (Å²) in [6.45, 7) is 10.9. The average Bonchev–Trinajstić information content (AvgIpc) is 2.91. The van der Waals surface area contributed by atoms with Gasteiger partial charge in [0.25, 0.3) is 0 Å². The van der Waals surface area contributed by atoms with E-state index < -0.39 is 7.82 Å². The lowest BCUT2D eigenvalue weighted by molar-refractivity contribution is 0.275. The zero-order valence-corrected chi connectivity index (χ0v) is 20.9. The highest BCUT2D eigenvalue weighted by Crippen LogP contribution is 2.25. The number of hydrogen-bond donors (Lipinski definition) is 4. The van der Waals surface area contributed by atoms with Crippen molar-refractivity contribution in [2.45, 2.75) is 0 Å². The van der Waals surface area contributed by atoms with Crippen LogP contribution in [0.5, 0.6) is 5.75 Å². The summed E-state index contributed by atoms with van der Waals surface area (Å²) in [5, 5.41) is 8.63. The van der Waals surface area contributed by atoms with Crippen LogP contribution in [0, 0.1) is 0 Å². The van der Waals surface area contributed by atoms with Gasteiger partial charge < -0.3 is 19.8 Å². The van der Waals surface area contributed by atoms with Crippen LogP contribution in [0.3, 0.4) is 0 Å². The van der Waals surface area contributed by atoms with Crippen molar-refractivity contribution < 1.29 is 24.4 Å². The average molecular weight is 505 g/mol. The van der Waals surface area contributed by atoms with E-state index in [4.69, 9.17) is 24.4 Å². The normalized spacial score (nSPS) is 8.97. The van der Waals surface area contributed by atoms with E-state index in [-0.39, 0.29) is 0 Å². The molecule has 0 fully saturated rings. The molecule has 0 atom stereocenters. The van der Waals surface area contributed by atoms with Crippen LogP contribution in [0.1, 0.15) is 16.7 Å². The zero-order chi connectivity index (χ0) is 27.1. The SMILES string of the molecule is C=Cc1ccccc1.C=Cc1ccccc1.C=Cc1ccccc1.O=P(O)(O)O.Oc1ccccc1. The second-order valence-corrected chi connectivity index (χ2v) is 7.72. The van der Waals surface area contributed by atoms with Gasteiger partial charge in [0.15, 0.2) is 0 Å². The van der Waals surface area contributed by atoms with Gasteiger partial charge in [-0.1, -0.05) is 147 Å². The first kappa shape index (κ1) is 32.0. The Morgan fingerprint density at radius 1 is 0.472 bits per heavy atom. The van der Waals surface area contributed by atoms with Crippen molar-refractivity contribution in [2.24, 2.45) is 0 Å². The Bertz CT molecular complexity index is 1020. The van der Waals surface area contributed by atoms with Gasteiger partial charge >= 0.3 is 7.82 Å². The first-order valence-electron chi connectivity index (χ1n) is 10.7. The molecular formula is C30H33O5P. The van der Waals surface area contributed by atoms with Gasteiger partial charge in [0.1, 0.15) is 5.75 Å². The van der Waals surface area contributed by atoms with E-state index in [0.29, 0.717) is 5.75 Å². The lowest BCUT2D eigenvalue weighted by Crippen LogP contribution is -1.66. The highest BCUT2D eigenvalue weighted by atomic mass is 31.2. The molecule has 0 unspecified atom stereocenters. The van der Waals surface area contributed by atoms with Crippen molar-refractivity contribution in [3.63, 3.8) is 0 Å².